The van der Waals surface area contributed by atoms with Crippen LogP contribution in [-0.4, -0.2) is 11.1 Å². The van der Waals surface area contributed by atoms with Gasteiger partial charge >= 0.3 is 5.97 Å². The first-order valence-electron chi connectivity index (χ1n) is 2.18. The summed E-state index contributed by atoms with van der Waals surface area (Å²) in [7, 11) is 0. The lowest BCUT2D eigenvalue weighted by Gasteiger charge is -1.83. The molecule has 0 unspecified atom stereocenters. The molecule has 0 amide bonds. The molecule has 0 aromatic carbocycles. The van der Waals surface area contributed by atoms with E-state index in [1.807, 2.05) is 0 Å². The molecule has 48 valence electrons. The third-order valence-corrected chi connectivity index (χ3v) is 1.55. The molecule has 1 N–H and O–H groups in total. The first kappa shape index (κ1) is 6.22. The minimum Gasteiger partial charge on any atom is -0.478 e. The SMILES string of the molecule is O=C(O)c1ccsc1F. The van der Waals surface area contributed by atoms with Gasteiger partial charge in [-0.15, -0.1) is 11.3 Å². The van der Waals surface area contributed by atoms with Crippen LogP contribution in [-0.2, 0) is 0 Å². The first-order chi connectivity index (χ1) is 4.22. The maximum absolute atomic E-state index is 12.2. The van der Waals surface area contributed by atoms with Crippen molar-refractivity contribution in [2.75, 3.05) is 0 Å². The van der Waals surface area contributed by atoms with E-state index in [0.717, 1.165) is 11.3 Å². The molecule has 1 rings (SSSR count). The molecule has 0 radical (unpaired) electrons. The molecule has 0 aliphatic heterocycles. The fraction of sp³-hybridized carbons (Fsp3) is 0. The number of thiophene rings is 1. The fourth-order valence-electron chi connectivity index (χ4n) is 0.446. The molecule has 2 nitrogen and oxygen atoms in total. The second kappa shape index (κ2) is 2.14. The van der Waals surface area contributed by atoms with Gasteiger partial charge in [-0.3, -0.25) is 0 Å². The summed E-state index contributed by atoms with van der Waals surface area (Å²) in [6.07, 6.45) is 0. The fourth-order valence-corrected chi connectivity index (χ4v) is 1.05. The Labute approximate surface area is 54.6 Å². The van der Waals surface area contributed by atoms with Crippen LogP contribution in [0.15, 0.2) is 11.4 Å². The van der Waals surface area contributed by atoms with Crippen LogP contribution in [0.25, 0.3) is 0 Å². The normalized spacial score (nSPS) is 9.44. The third-order valence-electron chi connectivity index (χ3n) is 0.848. The molecule has 0 spiro atoms. The van der Waals surface area contributed by atoms with Gasteiger partial charge in [0.15, 0.2) is 5.13 Å². The van der Waals surface area contributed by atoms with E-state index in [1.54, 1.807) is 0 Å². The van der Waals surface area contributed by atoms with Crippen LogP contribution in [0.2, 0.25) is 0 Å². The summed E-state index contributed by atoms with van der Waals surface area (Å²) in [5, 5.41) is 8.99. The molecule has 4 heteroatoms. The number of hydrogen-bond donors (Lipinski definition) is 1. The number of hydrogen-bond acceptors (Lipinski definition) is 2. The van der Waals surface area contributed by atoms with Crippen LogP contribution >= 0.6 is 11.3 Å². The highest BCUT2D eigenvalue weighted by molar-refractivity contribution is 7.08. The predicted molar refractivity (Wildman–Crippen MR) is 31.2 cm³/mol. The van der Waals surface area contributed by atoms with E-state index in [4.69, 9.17) is 5.11 Å². The van der Waals surface area contributed by atoms with E-state index < -0.39 is 11.1 Å². The Bertz CT molecular complexity index is 231. The van der Waals surface area contributed by atoms with Crippen LogP contribution in [0.5, 0.6) is 0 Å². The van der Waals surface area contributed by atoms with Crippen molar-refractivity contribution in [3.63, 3.8) is 0 Å². The average Bonchev–Trinajstić information content (AvgIpc) is 2.13. The van der Waals surface area contributed by atoms with Crippen LogP contribution in [0.3, 0.4) is 0 Å². The minimum atomic E-state index is -1.21. The summed E-state index contributed by atoms with van der Waals surface area (Å²) in [4.78, 5) is 10.0. The summed E-state index contributed by atoms with van der Waals surface area (Å²) >= 11 is 0.785. The van der Waals surface area contributed by atoms with Gasteiger partial charge in [0.25, 0.3) is 0 Å². The van der Waals surface area contributed by atoms with E-state index in [1.165, 1.54) is 11.4 Å². The molecule has 1 aromatic rings. The van der Waals surface area contributed by atoms with Crippen molar-refractivity contribution >= 4 is 17.3 Å². The van der Waals surface area contributed by atoms with Crippen LogP contribution < -0.4 is 0 Å². The number of rotatable bonds is 1. The number of carboxylic acids is 1. The molecule has 1 aromatic heterocycles. The third kappa shape index (κ3) is 1.08. The zero-order valence-corrected chi connectivity index (χ0v) is 5.11. The molecule has 0 bridgehead atoms. The highest BCUT2D eigenvalue weighted by Crippen LogP contribution is 2.13. The second-order valence-electron chi connectivity index (χ2n) is 1.41. The molecule has 0 saturated carbocycles. The van der Waals surface area contributed by atoms with Gasteiger partial charge < -0.3 is 5.11 Å². The van der Waals surface area contributed by atoms with Gasteiger partial charge in [-0.05, 0) is 11.4 Å². The molecule has 0 aliphatic rings. The van der Waals surface area contributed by atoms with Gasteiger partial charge in [0.05, 0.1) is 0 Å². The largest absolute Gasteiger partial charge is 0.478 e. The van der Waals surface area contributed by atoms with Gasteiger partial charge in [0.1, 0.15) is 5.56 Å². The number of carbonyl (C=O) groups is 1. The lowest BCUT2D eigenvalue weighted by molar-refractivity contribution is 0.0693. The lowest BCUT2D eigenvalue weighted by atomic mass is 10.3. The molecule has 0 aliphatic carbocycles. The number of halogens is 1. The maximum Gasteiger partial charge on any atom is 0.339 e. The van der Waals surface area contributed by atoms with Gasteiger partial charge in [0, 0.05) is 0 Å². The first-order valence-corrected chi connectivity index (χ1v) is 3.06. The molecule has 0 saturated heterocycles. The van der Waals surface area contributed by atoms with Gasteiger partial charge in [-0.1, -0.05) is 0 Å². The summed E-state index contributed by atoms with van der Waals surface area (Å²) in [6, 6.07) is 1.24. The Morgan fingerprint density at radius 2 is 2.44 bits per heavy atom. The Morgan fingerprint density at radius 3 is 2.67 bits per heavy atom. The summed E-state index contributed by atoms with van der Waals surface area (Å²) in [5.74, 6) is -1.21. The quantitative estimate of drug-likeness (QED) is 0.653. The summed E-state index contributed by atoms with van der Waals surface area (Å²) in [5.41, 5.74) is -0.250. The van der Waals surface area contributed by atoms with Gasteiger partial charge in [-0.2, -0.15) is 4.39 Å². The monoisotopic (exact) mass is 146 g/mol. The van der Waals surface area contributed by atoms with E-state index in [-0.39, 0.29) is 5.56 Å². The van der Waals surface area contributed by atoms with Crippen LogP contribution in [0, 0.1) is 5.13 Å². The zero-order valence-electron chi connectivity index (χ0n) is 4.30. The molecular weight excluding hydrogens is 143 g/mol. The van der Waals surface area contributed by atoms with Crippen molar-refractivity contribution in [2.24, 2.45) is 0 Å². The molecule has 0 atom stereocenters. The standard InChI is InChI=1S/C5H3FO2S/c6-4-3(5(7)8)1-2-9-4/h1-2H,(H,7,8). The molecule has 9 heavy (non-hydrogen) atoms. The molecule has 0 fully saturated rings. The van der Waals surface area contributed by atoms with E-state index >= 15 is 0 Å². The van der Waals surface area contributed by atoms with E-state index in [2.05, 4.69) is 0 Å². The topological polar surface area (TPSA) is 37.3 Å². The lowest BCUT2D eigenvalue weighted by Crippen LogP contribution is -1.94. The van der Waals surface area contributed by atoms with Crippen molar-refractivity contribution in [2.45, 2.75) is 0 Å². The van der Waals surface area contributed by atoms with Gasteiger partial charge in [-0.25, -0.2) is 4.79 Å². The van der Waals surface area contributed by atoms with Gasteiger partial charge in [0.2, 0.25) is 0 Å². The highest BCUT2D eigenvalue weighted by atomic mass is 32.1. The van der Waals surface area contributed by atoms with Crippen molar-refractivity contribution in [1.29, 1.82) is 0 Å². The average molecular weight is 146 g/mol. The Hall–Kier alpha value is -0.900. The maximum atomic E-state index is 12.2. The Kier molecular flexibility index (Phi) is 1.48. The van der Waals surface area contributed by atoms with Crippen LogP contribution in [0.4, 0.5) is 4.39 Å². The highest BCUT2D eigenvalue weighted by Gasteiger charge is 2.09. The van der Waals surface area contributed by atoms with Crippen LogP contribution in [0.1, 0.15) is 10.4 Å². The van der Waals surface area contributed by atoms with E-state index in [9.17, 15) is 9.18 Å². The summed E-state index contributed by atoms with van der Waals surface area (Å²) in [6.45, 7) is 0. The van der Waals surface area contributed by atoms with Crippen molar-refractivity contribution < 1.29 is 14.3 Å². The van der Waals surface area contributed by atoms with E-state index in [0.29, 0.717) is 0 Å². The smallest absolute Gasteiger partial charge is 0.339 e. The second-order valence-corrected chi connectivity index (χ2v) is 2.28. The number of aromatic carboxylic acids is 1. The Balaban J connectivity index is 3.08. The summed E-state index contributed by atoms with van der Waals surface area (Å²) < 4.78 is 12.2. The minimum absolute atomic E-state index is 0.250. The number of carboxylic acid groups (broad SMARTS) is 1. The van der Waals surface area contributed by atoms with Crippen molar-refractivity contribution in [3.8, 4) is 0 Å². The molecule has 1 heterocycles. The predicted octanol–water partition coefficient (Wildman–Crippen LogP) is 1.59. The zero-order chi connectivity index (χ0) is 6.85. The van der Waals surface area contributed by atoms with Crippen molar-refractivity contribution in [1.82, 2.24) is 0 Å². The molecular formula is C5H3FO2S. The van der Waals surface area contributed by atoms with Crippen molar-refractivity contribution in [3.05, 3.63) is 22.1 Å². The Morgan fingerprint density at radius 1 is 1.78 bits per heavy atom.